The molecule has 0 spiro atoms. The van der Waals surface area contributed by atoms with Crippen LogP contribution in [-0.4, -0.2) is 57.7 Å². The molecule has 0 atom stereocenters. The minimum Gasteiger partial charge on any atom is -0.301 e. The summed E-state index contributed by atoms with van der Waals surface area (Å²) < 4.78 is 7.96. The lowest BCUT2D eigenvalue weighted by atomic mass is 10.2. The molecule has 0 bridgehead atoms. The Morgan fingerprint density at radius 1 is 0.661 bits per heavy atom. The molecule has 0 fully saturated rings. The molecule has 300 valence electrons. The third-order valence-corrected chi connectivity index (χ3v) is 10.5. The van der Waals surface area contributed by atoms with Crippen molar-refractivity contribution in [2.75, 3.05) is 0 Å². The highest BCUT2D eigenvalue weighted by molar-refractivity contribution is 9.10. The van der Waals surface area contributed by atoms with Crippen molar-refractivity contribution in [1.82, 2.24) is 57.7 Å². The second kappa shape index (κ2) is 18.2. The Labute approximate surface area is 357 Å². The number of para-hydroxylation sites is 2. The summed E-state index contributed by atoms with van der Waals surface area (Å²) in [5.41, 5.74) is 2.92. The van der Waals surface area contributed by atoms with E-state index in [-0.39, 0.29) is 13.1 Å². The molecule has 0 unspecified atom stereocenters. The van der Waals surface area contributed by atoms with E-state index in [1.165, 1.54) is 9.13 Å². The van der Waals surface area contributed by atoms with Gasteiger partial charge in [0.1, 0.15) is 11.6 Å². The monoisotopic (exact) mass is 940 g/mol. The molecule has 0 saturated carbocycles. The number of nitrogens with zero attached hydrogens (tertiary/aromatic N) is 11. The van der Waals surface area contributed by atoms with Crippen LogP contribution in [0.2, 0.25) is 0 Å². The van der Waals surface area contributed by atoms with Gasteiger partial charge in [-0.2, -0.15) is 0 Å². The zero-order valence-electron chi connectivity index (χ0n) is 32.6. The maximum absolute atomic E-state index is 13.2. The SMILES string of the molecule is CC#CCn1c(Br)nc2c1c(=O)[nH]c(=O)n2C.CC#CCn1c(Br)nc2c1c(=O)n(Cc1nc(C)c3ccccc3n1)c(=O)n2C.Cc1nc(CCl)nc2ccccc12. The summed E-state index contributed by atoms with van der Waals surface area (Å²) in [5.74, 6) is 12.8. The summed E-state index contributed by atoms with van der Waals surface area (Å²) in [6, 6.07) is 15.6. The number of alkyl halides is 1. The van der Waals surface area contributed by atoms with Crippen LogP contribution in [0.3, 0.4) is 0 Å². The Hall–Kier alpha value is -6.21. The number of imidazole rings is 2. The Kier molecular flexibility index (Phi) is 13.0. The molecule has 0 amide bonds. The number of fused-ring (bicyclic) bond motifs is 4. The fourth-order valence-corrected chi connectivity index (χ4v) is 7.22. The van der Waals surface area contributed by atoms with Crippen LogP contribution in [0.25, 0.3) is 44.1 Å². The normalized spacial score (nSPS) is 10.7. The Morgan fingerprint density at radius 2 is 1.15 bits per heavy atom. The van der Waals surface area contributed by atoms with E-state index in [4.69, 9.17) is 11.6 Å². The maximum atomic E-state index is 13.2. The third-order valence-electron chi connectivity index (χ3n) is 9.07. The fraction of sp³-hybridized carbons (Fsp3) is 0.250. The number of rotatable bonds is 5. The van der Waals surface area contributed by atoms with E-state index < -0.39 is 22.5 Å². The fourth-order valence-electron chi connectivity index (χ4n) is 6.16. The Bertz CT molecular complexity index is 3300. The number of hydrogen-bond acceptors (Lipinski definition) is 10. The van der Waals surface area contributed by atoms with Crippen molar-refractivity contribution < 1.29 is 0 Å². The molecule has 1 N–H and O–H groups in total. The van der Waals surface area contributed by atoms with E-state index in [9.17, 15) is 19.2 Å². The molecule has 19 heteroatoms. The van der Waals surface area contributed by atoms with Crippen LogP contribution in [0, 0.1) is 37.5 Å². The van der Waals surface area contributed by atoms with Gasteiger partial charge in [0, 0.05) is 36.3 Å². The molecule has 8 aromatic rings. The van der Waals surface area contributed by atoms with Gasteiger partial charge in [-0.3, -0.25) is 28.3 Å². The summed E-state index contributed by atoms with van der Waals surface area (Å²) in [7, 11) is 3.14. The molecule has 0 aliphatic carbocycles. The number of nitrogens with one attached hydrogen (secondary N) is 1. The van der Waals surface area contributed by atoms with Gasteiger partial charge < -0.3 is 9.13 Å². The van der Waals surface area contributed by atoms with Crippen LogP contribution in [0.1, 0.15) is 36.9 Å². The molecule has 0 radical (unpaired) electrons. The molecular formula is C40H35Br2ClN12O4. The standard InChI is InChI=1S/C20H17BrN6O2.C10H9BrN4O2.C10H9ClN2/c1-4-5-10-26-16-17(24-19(26)21)25(3)20(29)27(18(16)28)11-15-22-12(2)13-8-6-7-9-14(13)23-15;1-3-4-5-15-6-7(12-9(15)11)14(2)10(17)13-8(6)16;1-7-8-4-2-3-5-9(8)13-10(6-11)12-7/h6-9H,10-11H2,1-3H3;5H2,1-2H3,(H,13,16,17);2-5H,6H2,1H3. The van der Waals surface area contributed by atoms with E-state index in [0.717, 1.165) is 37.8 Å². The first-order chi connectivity index (χ1) is 28.3. The summed E-state index contributed by atoms with van der Waals surface area (Å²) >= 11 is 12.3. The average Bonchev–Trinajstić information content (AvgIpc) is 3.75. The summed E-state index contributed by atoms with van der Waals surface area (Å²) in [6.07, 6.45) is 0. The largest absolute Gasteiger partial charge is 0.332 e. The Balaban J connectivity index is 0.000000165. The highest BCUT2D eigenvalue weighted by Crippen LogP contribution is 2.19. The maximum Gasteiger partial charge on any atom is 0.332 e. The van der Waals surface area contributed by atoms with Gasteiger partial charge in [-0.1, -0.05) is 48.2 Å². The van der Waals surface area contributed by atoms with Crippen molar-refractivity contribution in [2.45, 2.75) is 53.2 Å². The summed E-state index contributed by atoms with van der Waals surface area (Å²) in [4.78, 5) is 77.5. The van der Waals surface area contributed by atoms with E-state index in [2.05, 4.69) is 90.4 Å². The van der Waals surface area contributed by atoms with Gasteiger partial charge in [0.15, 0.2) is 31.8 Å². The Morgan fingerprint density at radius 3 is 1.69 bits per heavy atom. The molecule has 59 heavy (non-hydrogen) atoms. The van der Waals surface area contributed by atoms with Gasteiger partial charge in [-0.15, -0.1) is 23.4 Å². The first-order valence-electron chi connectivity index (χ1n) is 17.8. The van der Waals surface area contributed by atoms with Crippen LogP contribution in [0.4, 0.5) is 0 Å². The number of halogens is 3. The first-order valence-corrected chi connectivity index (χ1v) is 19.9. The highest BCUT2D eigenvalue weighted by atomic mass is 79.9. The molecule has 0 saturated heterocycles. The second-order valence-corrected chi connectivity index (χ2v) is 14.5. The van der Waals surface area contributed by atoms with Crippen LogP contribution in [-0.2, 0) is 39.6 Å². The van der Waals surface area contributed by atoms with Crippen molar-refractivity contribution in [3.05, 3.63) is 123 Å². The van der Waals surface area contributed by atoms with Crippen molar-refractivity contribution in [1.29, 1.82) is 0 Å². The molecule has 0 aliphatic rings. The summed E-state index contributed by atoms with van der Waals surface area (Å²) in [6.45, 7) is 7.89. The van der Waals surface area contributed by atoms with Gasteiger partial charge in [-0.05, 0) is 71.7 Å². The van der Waals surface area contributed by atoms with Gasteiger partial charge in [0.05, 0.1) is 36.5 Å². The molecule has 16 nitrogen and oxygen atoms in total. The number of H-pyrrole nitrogens is 1. The van der Waals surface area contributed by atoms with E-state index in [0.29, 0.717) is 55.9 Å². The number of benzene rings is 2. The van der Waals surface area contributed by atoms with Crippen molar-refractivity contribution >= 4 is 87.6 Å². The smallest absolute Gasteiger partial charge is 0.301 e. The molecule has 8 rings (SSSR count). The number of aromatic nitrogens is 12. The molecule has 2 aromatic carbocycles. The predicted molar refractivity (Wildman–Crippen MR) is 234 cm³/mol. The van der Waals surface area contributed by atoms with Gasteiger partial charge in [-0.25, -0.2) is 39.5 Å². The minimum atomic E-state index is -0.485. The van der Waals surface area contributed by atoms with Crippen molar-refractivity contribution in [3.8, 4) is 23.7 Å². The van der Waals surface area contributed by atoms with Crippen LogP contribution in [0.15, 0.2) is 77.2 Å². The summed E-state index contributed by atoms with van der Waals surface area (Å²) in [5, 5.41) is 2.03. The van der Waals surface area contributed by atoms with Gasteiger partial charge in [0.25, 0.3) is 11.1 Å². The lowest BCUT2D eigenvalue weighted by Crippen LogP contribution is -2.40. The lowest BCUT2D eigenvalue weighted by molar-refractivity contribution is 0.633. The number of aryl methyl sites for hydroxylation is 4. The zero-order chi connectivity index (χ0) is 42.5. The topological polar surface area (TPSA) is 186 Å². The van der Waals surface area contributed by atoms with Crippen LogP contribution >= 0.6 is 43.5 Å². The van der Waals surface area contributed by atoms with Gasteiger partial charge >= 0.3 is 11.4 Å². The quantitative estimate of drug-likeness (QED) is 0.142. The van der Waals surface area contributed by atoms with Crippen molar-refractivity contribution in [3.63, 3.8) is 0 Å². The van der Waals surface area contributed by atoms with Crippen molar-refractivity contribution in [2.24, 2.45) is 14.1 Å². The van der Waals surface area contributed by atoms with Crippen LogP contribution < -0.4 is 22.5 Å². The zero-order valence-corrected chi connectivity index (χ0v) is 36.6. The molecular weight excluding hydrogens is 908 g/mol. The molecule has 6 heterocycles. The van der Waals surface area contributed by atoms with Crippen LogP contribution in [0.5, 0.6) is 0 Å². The van der Waals surface area contributed by atoms with E-state index >= 15 is 0 Å². The lowest BCUT2D eigenvalue weighted by Gasteiger charge is -2.10. The van der Waals surface area contributed by atoms with E-state index in [1.54, 1.807) is 37.1 Å². The molecule has 0 aliphatic heterocycles. The predicted octanol–water partition coefficient (Wildman–Crippen LogP) is 4.87. The second-order valence-electron chi connectivity index (χ2n) is 12.8. The number of hydrogen-bond donors (Lipinski definition) is 1. The first kappa shape index (κ1) is 42.4. The van der Waals surface area contributed by atoms with E-state index in [1.807, 2.05) is 62.4 Å². The highest BCUT2D eigenvalue weighted by Gasteiger charge is 2.20. The third kappa shape index (κ3) is 8.66. The van der Waals surface area contributed by atoms with Gasteiger partial charge in [0.2, 0.25) is 0 Å². The molecule has 6 aromatic heterocycles. The average molecular weight is 943 g/mol. The number of aromatic amines is 1. The minimum absolute atomic E-state index is 0.0324.